The zero-order valence-electron chi connectivity index (χ0n) is 11.1. The second-order valence-electron chi connectivity index (χ2n) is 4.61. The molecule has 1 atom stereocenters. The standard InChI is InChI=1S/C14H24N2O/c1-12(11-15)6-5-9-16(2)13-7-4-8-14(10-13)17-3/h4,7-8,10,12H,5-6,9,11,15H2,1-3H3. The highest BCUT2D eigenvalue weighted by Crippen LogP contribution is 2.20. The van der Waals surface area contributed by atoms with Gasteiger partial charge in [-0.25, -0.2) is 0 Å². The molecule has 0 aliphatic heterocycles. The number of hydrogen-bond acceptors (Lipinski definition) is 3. The van der Waals surface area contributed by atoms with Crippen molar-refractivity contribution in [1.82, 2.24) is 0 Å². The highest BCUT2D eigenvalue weighted by atomic mass is 16.5. The number of anilines is 1. The maximum Gasteiger partial charge on any atom is 0.120 e. The Morgan fingerprint density at radius 1 is 1.41 bits per heavy atom. The van der Waals surface area contributed by atoms with Crippen LogP contribution in [0.2, 0.25) is 0 Å². The highest BCUT2D eigenvalue weighted by molar-refractivity contribution is 5.49. The summed E-state index contributed by atoms with van der Waals surface area (Å²) < 4.78 is 5.22. The molecule has 0 aliphatic rings. The minimum atomic E-state index is 0.619. The molecule has 0 bridgehead atoms. The number of benzene rings is 1. The Morgan fingerprint density at radius 3 is 2.82 bits per heavy atom. The number of nitrogens with zero attached hydrogens (tertiary/aromatic N) is 1. The van der Waals surface area contributed by atoms with Gasteiger partial charge in [0.1, 0.15) is 5.75 Å². The molecule has 3 nitrogen and oxygen atoms in total. The van der Waals surface area contributed by atoms with E-state index in [4.69, 9.17) is 10.5 Å². The molecular weight excluding hydrogens is 212 g/mol. The largest absolute Gasteiger partial charge is 0.497 e. The van der Waals surface area contributed by atoms with Crippen molar-refractivity contribution < 1.29 is 4.74 Å². The van der Waals surface area contributed by atoms with Crippen LogP contribution in [-0.2, 0) is 0 Å². The van der Waals surface area contributed by atoms with E-state index in [1.165, 1.54) is 18.5 Å². The first-order chi connectivity index (χ1) is 8.17. The molecule has 0 heterocycles. The van der Waals surface area contributed by atoms with E-state index in [1.54, 1.807) is 7.11 Å². The minimum absolute atomic E-state index is 0.619. The van der Waals surface area contributed by atoms with Crippen LogP contribution < -0.4 is 15.4 Å². The molecule has 1 aromatic carbocycles. The number of methoxy groups -OCH3 is 1. The number of rotatable bonds is 7. The van der Waals surface area contributed by atoms with Gasteiger partial charge < -0.3 is 15.4 Å². The molecule has 0 fully saturated rings. The summed E-state index contributed by atoms with van der Waals surface area (Å²) in [5, 5.41) is 0. The fraction of sp³-hybridized carbons (Fsp3) is 0.571. The molecule has 0 radical (unpaired) electrons. The van der Waals surface area contributed by atoms with Gasteiger partial charge in [-0.15, -0.1) is 0 Å². The van der Waals surface area contributed by atoms with E-state index in [9.17, 15) is 0 Å². The number of hydrogen-bond donors (Lipinski definition) is 1. The predicted molar refractivity (Wildman–Crippen MR) is 73.7 cm³/mol. The van der Waals surface area contributed by atoms with E-state index < -0.39 is 0 Å². The van der Waals surface area contributed by atoms with E-state index in [-0.39, 0.29) is 0 Å². The summed E-state index contributed by atoms with van der Waals surface area (Å²) in [5.41, 5.74) is 6.81. The van der Waals surface area contributed by atoms with Gasteiger partial charge in [-0.05, 0) is 37.4 Å². The third kappa shape index (κ3) is 4.65. The van der Waals surface area contributed by atoms with Gasteiger partial charge in [0.15, 0.2) is 0 Å². The Morgan fingerprint density at radius 2 is 2.18 bits per heavy atom. The summed E-state index contributed by atoms with van der Waals surface area (Å²) >= 11 is 0. The van der Waals surface area contributed by atoms with E-state index >= 15 is 0 Å². The Bertz CT molecular complexity index is 328. The zero-order chi connectivity index (χ0) is 12.7. The van der Waals surface area contributed by atoms with Crippen LogP contribution >= 0.6 is 0 Å². The maximum absolute atomic E-state index is 5.61. The quantitative estimate of drug-likeness (QED) is 0.790. The third-order valence-corrected chi connectivity index (χ3v) is 3.09. The van der Waals surface area contributed by atoms with Gasteiger partial charge in [0, 0.05) is 25.3 Å². The Balaban J connectivity index is 2.43. The summed E-state index contributed by atoms with van der Waals surface area (Å²) in [6.45, 7) is 4.03. The summed E-state index contributed by atoms with van der Waals surface area (Å²) in [6.07, 6.45) is 2.36. The molecule has 1 aromatic rings. The topological polar surface area (TPSA) is 38.5 Å². The molecular formula is C14H24N2O. The fourth-order valence-electron chi connectivity index (χ4n) is 1.77. The molecule has 2 N–H and O–H groups in total. The van der Waals surface area contributed by atoms with Crippen molar-refractivity contribution in [3.8, 4) is 5.75 Å². The maximum atomic E-state index is 5.61. The number of ether oxygens (including phenoxy) is 1. The van der Waals surface area contributed by atoms with Crippen LogP contribution in [0, 0.1) is 5.92 Å². The van der Waals surface area contributed by atoms with Gasteiger partial charge in [0.25, 0.3) is 0 Å². The van der Waals surface area contributed by atoms with Crippen molar-refractivity contribution in [3.63, 3.8) is 0 Å². The second kappa shape index (κ2) is 7.17. The van der Waals surface area contributed by atoms with Gasteiger partial charge >= 0.3 is 0 Å². The van der Waals surface area contributed by atoms with E-state index in [0.29, 0.717) is 5.92 Å². The average Bonchev–Trinajstić information content (AvgIpc) is 2.38. The third-order valence-electron chi connectivity index (χ3n) is 3.09. The van der Waals surface area contributed by atoms with Crippen LogP contribution in [0.5, 0.6) is 5.75 Å². The van der Waals surface area contributed by atoms with Crippen molar-refractivity contribution in [2.24, 2.45) is 11.7 Å². The Labute approximate surface area is 105 Å². The van der Waals surface area contributed by atoms with Crippen LogP contribution in [0.3, 0.4) is 0 Å². The second-order valence-corrected chi connectivity index (χ2v) is 4.61. The molecule has 1 unspecified atom stereocenters. The number of nitrogens with two attached hydrogens (primary N) is 1. The highest BCUT2D eigenvalue weighted by Gasteiger charge is 2.04. The smallest absolute Gasteiger partial charge is 0.120 e. The van der Waals surface area contributed by atoms with Crippen LogP contribution in [-0.4, -0.2) is 27.2 Å². The lowest BCUT2D eigenvalue weighted by atomic mass is 10.1. The van der Waals surface area contributed by atoms with Crippen LogP contribution in [0.4, 0.5) is 5.69 Å². The summed E-state index contributed by atoms with van der Waals surface area (Å²) in [6, 6.07) is 8.16. The van der Waals surface area contributed by atoms with Crippen molar-refractivity contribution in [2.75, 3.05) is 32.1 Å². The zero-order valence-corrected chi connectivity index (χ0v) is 11.1. The van der Waals surface area contributed by atoms with Gasteiger partial charge in [-0.2, -0.15) is 0 Å². The monoisotopic (exact) mass is 236 g/mol. The summed E-state index contributed by atoms with van der Waals surface area (Å²) in [4.78, 5) is 2.26. The molecule has 0 aliphatic carbocycles. The van der Waals surface area contributed by atoms with Crippen LogP contribution in [0.1, 0.15) is 19.8 Å². The predicted octanol–water partition coefficient (Wildman–Crippen LogP) is 2.51. The average molecular weight is 236 g/mol. The first-order valence-electron chi connectivity index (χ1n) is 6.22. The first kappa shape index (κ1) is 13.8. The van der Waals surface area contributed by atoms with E-state index in [2.05, 4.69) is 31.0 Å². The minimum Gasteiger partial charge on any atom is -0.497 e. The van der Waals surface area contributed by atoms with Crippen LogP contribution in [0.25, 0.3) is 0 Å². The molecule has 17 heavy (non-hydrogen) atoms. The van der Waals surface area contributed by atoms with Gasteiger partial charge in [-0.3, -0.25) is 0 Å². The Hall–Kier alpha value is -1.22. The van der Waals surface area contributed by atoms with Crippen molar-refractivity contribution in [1.29, 1.82) is 0 Å². The lowest BCUT2D eigenvalue weighted by Gasteiger charge is -2.20. The SMILES string of the molecule is COc1cccc(N(C)CCCC(C)CN)c1. The van der Waals surface area contributed by atoms with Crippen LogP contribution in [0.15, 0.2) is 24.3 Å². The molecule has 0 saturated heterocycles. The van der Waals surface area contributed by atoms with Crippen molar-refractivity contribution in [2.45, 2.75) is 19.8 Å². The molecule has 3 heteroatoms. The summed E-state index contributed by atoms with van der Waals surface area (Å²) in [7, 11) is 3.81. The van der Waals surface area contributed by atoms with Gasteiger partial charge in [0.2, 0.25) is 0 Å². The molecule has 0 amide bonds. The molecule has 0 saturated carbocycles. The first-order valence-corrected chi connectivity index (χ1v) is 6.22. The van der Waals surface area contributed by atoms with Gasteiger partial charge in [-0.1, -0.05) is 13.0 Å². The normalized spacial score (nSPS) is 12.2. The molecule has 96 valence electrons. The van der Waals surface area contributed by atoms with E-state index in [1.807, 2.05) is 12.1 Å². The molecule has 0 spiro atoms. The molecule has 0 aromatic heterocycles. The fourth-order valence-corrected chi connectivity index (χ4v) is 1.77. The van der Waals surface area contributed by atoms with Gasteiger partial charge in [0.05, 0.1) is 7.11 Å². The lowest BCUT2D eigenvalue weighted by molar-refractivity contribution is 0.415. The van der Waals surface area contributed by atoms with Crippen molar-refractivity contribution >= 4 is 5.69 Å². The lowest BCUT2D eigenvalue weighted by Crippen LogP contribution is -2.20. The molecule has 1 rings (SSSR count). The summed E-state index contributed by atoms with van der Waals surface area (Å²) in [5.74, 6) is 1.53. The Kier molecular flexibility index (Phi) is 5.84. The van der Waals surface area contributed by atoms with Crippen molar-refractivity contribution in [3.05, 3.63) is 24.3 Å². The van der Waals surface area contributed by atoms with E-state index in [0.717, 1.165) is 18.8 Å².